The van der Waals surface area contributed by atoms with Crippen molar-refractivity contribution >= 4 is 17.6 Å². The number of hydrogen-bond donors (Lipinski definition) is 2. The molecule has 0 fully saturated rings. The highest BCUT2D eigenvalue weighted by molar-refractivity contribution is 5.98. The van der Waals surface area contributed by atoms with Crippen molar-refractivity contribution < 1.29 is 4.79 Å². The highest BCUT2D eigenvalue weighted by Gasteiger charge is 2.23. The quantitative estimate of drug-likeness (QED) is 0.653. The maximum atomic E-state index is 12.4. The van der Waals surface area contributed by atoms with E-state index in [9.17, 15) is 4.79 Å². The summed E-state index contributed by atoms with van der Waals surface area (Å²) in [5, 5.41) is 6.34. The second kappa shape index (κ2) is 7.11. The molecule has 1 aliphatic rings. The molecule has 5 nitrogen and oxygen atoms in total. The number of carbonyl (C=O) groups is 1. The van der Waals surface area contributed by atoms with Gasteiger partial charge in [-0.2, -0.15) is 0 Å². The van der Waals surface area contributed by atoms with Gasteiger partial charge in [-0.25, -0.2) is 0 Å². The number of anilines is 1. The molecule has 0 radical (unpaired) electrons. The number of nitrogens with one attached hydrogen (secondary N) is 2. The van der Waals surface area contributed by atoms with Crippen molar-refractivity contribution in [2.24, 2.45) is 4.99 Å². The molecule has 0 saturated heterocycles. The van der Waals surface area contributed by atoms with E-state index in [1.54, 1.807) is 7.05 Å². The Labute approximate surface area is 126 Å². The first-order valence-corrected chi connectivity index (χ1v) is 7.51. The first-order chi connectivity index (χ1) is 10.2. The maximum Gasteiger partial charge on any atom is 0.246 e. The summed E-state index contributed by atoms with van der Waals surface area (Å²) in [6, 6.07) is 8.41. The zero-order chi connectivity index (χ0) is 15.2. The average molecular weight is 288 g/mol. The van der Waals surface area contributed by atoms with Gasteiger partial charge in [0.2, 0.25) is 5.91 Å². The molecule has 1 amide bonds. The van der Waals surface area contributed by atoms with Crippen LogP contribution < -0.4 is 15.5 Å². The number of hydrogen-bond acceptors (Lipinski definition) is 2. The van der Waals surface area contributed by atoms with E-state index in [2.05, 4.69) is 35.5 Å². The summed E-state index contributed by atoms with van der Waals surface area (Å²) < 4.78 is 0. The van der Waals surface area contributed by atoms with Gasteiger partial charge < -0.3 is 15.5 Å². The van der Waals surface area contributed by atoms with E-state index in [0.717, 1.165) is 25.1 Å². The molecular weight excluding hydrogens is 264 g/mol. The summed E-state index contributed by atoms with van der Waals surface area (Å²) in [6.07, 6.45) is 1.94. The number of aliphatic imine (C=N–C) groups is 1. The van der Waals surface area contributed by atoms with Crippen LogP contribution in [-0.4, -0.2) is 38.0 Å². The Balaban J connectivity index is 1.91. The van der Waals surface area contributed by atoms with Crippen molar-refractivity contribution in [2.75, 3.05) is 25.0 Å². The molecule has 0 spiro atoms. The minimum Gasteiger partial charge on any atom is -0.354 e. The zero-order valence-corrected chi connectivity index (χ0v) is 13.0. The number of guanidine groups is 1. The van der Waals surface area contributed by atoms with E-state index in [1.807, 2.05) is 23.1 Å². The number of nitrogens with zero attached hydrogens (tertiary/aromatic N) is 2. The summed E-state index contributed by atoms with van der Waals surface area (Å²) in [7, 11) is 1.72. The molecule has 1 aromatic rings. The van der Waals surface area contributed by atoms with Crippen LogP contribution in [0.4, 0.5) is 5.69 Å². The highest BCUT2D eigenvalue weighted by Crippen LogP contribution is 2.27. The van der Waals surface area contributed by atoms with Gasteiger partial charge in [0.05, 0.1) is 6.54 Å². The topological polar surface area (TPSA) is 56.7 Å². The largest absolute Gasteiger partial charge is 0.354 e. The highest BCUT2D eigenvalue weighted by atomic mass is 16.2. The normalized spacial score (nSPS) is 15.6. The van der Waals surface area contributed by atoms with Gasteiger partial charge in [-0.05, 0) is 31.4 Å². The monoisotopic (exact) mass is 288 g/mol. The molecule has 0 aromatic heterocycles. The third-order valence-corrected chi connectivity index (χ3v) is 3.81. The van der Waals surface area contributed by atoms with Gasteiger partial charge in [-0.3, -0.25) is 9.79 Å². The average Bonchev–Trinajstić information content (AvgIpc) is 2.94. The van der Waals surface area contributed by atoms with E-state index in [0.29, 0.717) is 12.0 Å². The minimum absolute atomic E-state index is 0.0760. The van der Waals surface area contributed by atoms with Crippen LogP contribution in [0.3, 0.4) is 0 Å². The van der Waals surface area contributed by atoms with Crippen LogP contribution in [0.5, 0.6) is 0 Å². The summed E-state index contributed by atoms with van der Waals surface area (Å²) in [5.41, 5.74) is 2.28. The first-order valence-electron chi connectivity index (χ1n) is 7.51. The third-order valence-electron chi connectivity index (χ3n) is 3.81. The fourth-order valence-corrected chi connectivity index (χ4v) is 2.38. The molecule has 21 heavy (non-hydrogen) atoms. The van der Waals surface area contributed by atoms with E-state index >= 15 is 0 Å². The fraction of sp³-hybridized carbons (Fsp3) is 0.500. The van der Waals surface area contributed by atoms with Crippen LogP contribution >= 0.6 is 0 Å². The Morgan fingerprint density at radius 2 is 2.19 bits per heavy atom. The van der Waals surface area contributed by atoms with Crippen molar-refractivity contribution in [1.29, 1.82) is 0 Å². The van der Waals surface area contributed by atoms with Crippen molar-refractivity contribution in [2.45, 2.75) is 32.7 Å². The lowest BCUT2D eigenvalue weighted by atomic mass is 10.2. The molecule has 114 valence electrons. The van der Waals surface area contributed by atoms with Gasteiger partial charge in [-0.15, -0.1) is 0 Å². The van der Waals surface area contributed by atoms with Gasteiger partial charge >= 0.3 is 0 Å². The molecule has 2 rings (SSSR count). The van der Waals surface area contributed by atoms with Gasteiger partial charge in [0.1, 0.15) is 0 Å². The predicted octanol–water partition coefficient (Wildman–Crippen LogP) is 1.54. The van der Waals surface area contributed by atoms with Crippen molar-refractivity contribution in [1.82, 2.24) is 10.6 Å². The number of para-hydroxylation sites is 1. The SMILES string of the molecule is CCC(C)NC(=NC)NCC(=O)N1CCc2ccccc21. The number of carbonyl (C=O) groups excluding carboxylic acids is 1. The third kappa shape index (κ3) is 3.74. The second-order valence-corrected chi connectivity index (χ2v) is 5.30. The molecule has 1 heterocycles. The van der Waals surface area contributed by atoms with Crippen molar-refractivity contribution in [3.8, 4) is 0 Å². The lowest BCUT2D eigenvalue weighted by molar-refractivity contribution is -0.117. The lowest BCUT2D eigenvalue weighted by Gasteiger charge is -2.20. The number of benzene rings is 1. The lowest BCUT2D eigenvalue weighted by Crippen LogP contribution is -2.46. The molecule has 0 saturated carbocycles. The Bertz CT molecular complexity index is 527. The predicted molar refractivity (Wildman–Crippen MR) is 86.7 cm³/mol. The first kappa shape index (κ1) is 15.4. The Kier molecular flexibility index (Phi) is 5.20. The van der Waals surface area contributed by atoms with Gasteiger partial charge in [0.25, 0.3) is 0 Å². The van der Waals surface area contributed by atoms with Crippen LogP contribution in [0.1, 0.15) is 25.8 Å². The molecule has 1 atom stereocenters. The summed E-state index contributed by atoms with van der Waals surface area (Å²) in [4.78, 5) is 18.4. The van der Waals surface area contributed by atoms with E-state index in [4.69, 9.17) is 0 Å². The minimum atomic E-state index is 0.0760. The fourth-order valence-electron chi connectivity index (χ4n) is 2.38. The summed E-state index contributed by atoms with van der Waals surface area (Å²) in [5.74, 6) is 0.747. The van der Waals surface area contributed by atoms with Crippen molar-refractivity contribution in [3.05, 3.63) is 29.8 Å². The summed E-state index contributed by atoms with van der Waals surface area (Å²) in [6.45, 7) is 5.21. The Morgan fingerprint density at radius 1 is 1.43 bits per heavy atom. The molecule has 5 heteroatoms. The Morgan fingerprint density at radius 3 is 2.90 bits per heavy atom. The smallest absolute Gasteiger partial charge is 0.246 e. The molecular formula is C16H24N4O. The van der Waals surface area contributed by atoms with Crippen LogP contribution in [0, 0.1) is 0 Å². The van der Waals surface area contributed by atoms with Crippen molar-refractivity contribution in [3.63, 3.8) is 0 Å². The van der Waals surface area contributed by atoms with Gasteiger partial charge in [0, 0.05) is 25.3 Å². The number of rotatable bonds is 4. The summed E-state index contributed by atoms with van der Waals surface area (Å²) >= 11 is 0. The maximum absolute atomic E-state index is 12.4. The second-order valence-electron chi connectivity index (χ2n) is 5.30. The molecule has 2 N–H and O–H groups in total. The van der Waals surface area contributed by atoms with E-state index in [1.165, 1.54) is 5.56 Å². The Hall–Kier alpha value is -2.04. The molecule has 1 unspecified atom stereocenters. The zero-order valence-electron chi connectivity index (χ0n) is 13.0. The molecule has 0 bridgehead atoms. The molecule has 1 aliphatic heterocycles. The van der Waals surface area contributed by atoms with E-state index in [-0.39, 0.29) is 12.5 Å². The number of fused-ring (bicyclic) bond motifs is 1. The molecule has 1 aromatic carbocycles. The van der Waals surface area contributed by atoms with Gasteiger partial charge in [-0.1, -0.05) is 25.1 Å². The van der Waals surface area contributed by atoms with Crippen LogP contribution in [0.15, 0.2) is 29.3 Å². The number of amides is 1. The van der Waals surface area contributed by atoms with Crippen LogP contribution in [-0.2, 0) is 11.2 Å². The van der Waals surface area contributed by atoms with Crippen LogP contribution in [0.2, 0.25) is 0 Å². The standard InChI is InChI=1S/C16H24N4O/c1-4-12(2)19-16(17-3)18-11-15(21)20-10-9-13-7-5-6-8-14(13)20/h5-8,12H,4,9-11H2,1-3H3,(H2,17,18,19). The van der Waals surface area contributed by atoms with Gasteiger partial charge in [0.15, 0.2) is 5.96 Å². The van der Waals surface area contributed by atoms with Crippen LogP contribution in [0.25, 0.3) is 0 Å². The van der Waals surface area contributed by atoms with E-state index < -0.39 is 0 Å². The molecule has 0 aliphatic carbocycles.